The molecule has 278 valence electrons. The summed E-state index contributed by atoms with van der Waals surface area (Å²) in [5.74, 6) is -1.88. The van der Waals surface area contributed by atoms with Crippen molar-refractivity contribution in [2.75, 3.05) is 20.1 Å². The van der Waals surface area contributed by atoms with Crippen molar-refractivity contribution in [3.05, 3.63) is 90.1 Å². The van der Waals surface area contributed by atoms with Gasteiger partial charge in [-0.3, -0.25) is 24.6 Å². The van der Waals surface area contributed by atoms with E-state index in [1.807, 2.05) is 60.8 Å². The van der Waals surface area contributed by atoms with E-state index in [1.54, 1.807) is 13.2 Å². The number of imidazole rings is 1. The fourth-order valence-electron chi connectivity index (χ4n) is 5.77. The number of aromatic nitrogens is 3. The van der Waals surface area contributed by atoms with Gasteiger partial charge in [-0.05, 0) is 55.1 Å². The summed E-state index contributed by atoms with van der Waals surface area (Å²) in [5, 5.41) is 15.8. The highest BCUT2D eigenvalue weighted by molar-refractivity contribution is 7.80. The minimum atomic E-state index is -1.06. The molecule has 0 bridgehead atoms. The van der Waals surface area contributed by atoms with Gasteiger partial charge in [-0.2, -0.15) is 0 Å². The van der Waals surface area contributed by atoms with E-state index < -0.39 is 41.9 Å². The van der Waals surface area contributed by atoms with Crippen LogP contribution >= 0.6 is 12.2 Å². The van der Waals surface area contributed by atoms with Crippen molar-refractivity contribution in [3.63, 3.8) is 0 Å². The zero-order valence-corrected chi connectivity index (χ0v) is 30.3. The minimum Gasteiger partial charge on any atom is -0.365 e. The third-order valence-corrected chi connectivity index (χ3v) is 8.77. The molecular formula is C36H49N11O4S. The summed E-state index contributed by atoms with van der Waals surface area (Å²) in [6.07, 6.45) is 7.30. The number of carbonyl (C=O) groups is 4. The summed E-state index contributed by atoms with van der Waals surface area (Å²) < 4.78 is 0. The number of carbonyl (C=O) groups excluding carboxylic acids is 4. The molecule has 4 amide bonds. The summed E-state index contributed by atoms with van der Waals surface area (Å²) >= 11 is 5.09. The highest BCUT2D eigenvalue weighted by Crippen LogP contribution is 2.19. The number of amides is 4. The van der Waals surface area contributed by atoms with Crippen LogP contribution in [-0.2, 0) is 38.4 Å². The van der Waals surface area contributed by atoms with Crippen molar-refractivity contribution in [1.29, 1.82) is 0 Å². The lowest BCUT2D eigenvalue weighted by Crippen LogP contribution is -2.58. The van der Waals surface area contributed by atoms with Gasteiger partial charge in [0.25, 0.3) is 0 Å². The average molecular weight is 732 g/mol. The maximum Gasteiger partial charge on any atom is 0.243 e. The highest BCUT2D eigenvalue weighted by Gasteiger charge is 2.30. The molecule has 0 radical (unpaired) electrons. The first-order chi connectivity index (χ1) is 25.2. The number of thiocarbonyl (C=S) groups is 1. The standard InChI is InChI=1S/C36H49N11O4S/c1-23(48)43-32(18-27-21-39-22-41-27)35(51)46-31(16-24-10-4-3-5-11-24)34(50)45-30(14-8-9-15-42-47-36(52)38-2)33(49)44-26(19-37)17-25-20-40-29-13-7-6-12-28(25)29/h3-7,10-13,20-22,26,30-32,40,42H,8-9,14-19,37H2,1-2H3,(H,39,41)(H,43,48)(H,44,49)(H,45,50)(H,46,51)(H2,38,47,52)/t26-,30-,31+,32-/m0/s1. The lowest BCUT2D eigenvalue weighted by atomic mass is 10.0. The number of benzene rings is 2. The molecule has 0 aliphatic rings. The van der Waals surface area contributed by atoms with E-state index in [-0.39, 0.29) is 25.3 Å². The molecule has 0 aliphatic heterocycles. The first-order valence-corrected chi connectivity index (χ1v) is 17.7. The quantitative estimate of drug-likeness (QED) is 0.0347. The molecule has 16 heteroatoms. The number of para-hydroxylation sites is 1. The number of nitrogens with one attached hydrogen (secondary N) is 9. The maximum atomic E-state index is 14.1. The molecule has 4 aromatic rings. The fourth-order valence-corrected chi connectivity index (χ4v) is 5.84. The van der Waals surface area contributed by atoms with Crippen LogP contribution in [0.15, 0.2) is 73.3 Å². The summed E-state index contributed by atoms with van der Waals surface area (Å²) in [5.41, 5.74) is 15.5. The second-order valence-corrected chi connectivity index (χ2v) is 12.9. The Hall–Kier alpha value is -5.32. The largest absolute Gasteiger partial charge is 0.365 e. The second kappa shape index (κ2) is 20.5. The summed E-state index contributed by atoms with van der Waals surface area (Å²) in [6, 6.07) is 13.8. The van der Waals surface area contributed by atoms with Gasteiger partial charge in [0.1, 0.15) is 18.1 Å². The molecule has 52 heavy (non-hydrogen) atoms. The van der Waals surface area contributed by atoms with E-state index in [2.05, 4.69) is 52.4 Å². The van der Waals surface area contributed by atoms with Crippen molar-refractivity contribution >= 4 is 51.9 Å². The van der Waals surface area contributed by atoms with Gasteiger partial charge >= 0.3 is 0 Å². The van der Waals surface area contributed by atoms with Crippen LogP contribution in [0.1, 0.15) is 43.0 Å². The number of unbranched alkanes of at least 4 members (excludes halogenated alkanes) is 1. The SMILES string of the molecule is CNC(=S)NNCCCC[C@H](NC(=O)[C@@H](Cc1ccccc1)NC(=O)[C@H](Cc1cnc[nH]1)NC(C)=O)C(=O)N[C@H](CN)Cc1c[nH]c2ccccc12. The number of nitrogens with zero attached hydrogens (tertiary/aromatic N) is 1. The van der Waals surface area contributed by atoms with Crippen molar-refractivity contribution in [2.45, 2.75) is 69.6 Å². The number of hydrogen-bond donors (Lipinski definition) is 10. The van der Waals surface area contributed by atoms with Crippen LogP contribution in [0.25, 0.3) is 10.9 Å². The van der Waals surface area contributed by atoms with Gasteiger partial charge in [0.05, 0.1) is 6.33 Å². The van der Waals surface area contributed by atoms with Crippen LogP contribution in [0.2, 0.25) is 0 Å². The molecular weight excluding hydrogens is 683 g/mol. The number of aromatic amines is 2. The highest BCUT2D eigenvalue weighted by atomic mass is 32.1. The van der Waals surface area contributed by atoms with E-state index in [0.29, 0.717) is 43.0 Å². The maximum absolute atomic E-state index is 14.1. The number of hydrazine groups is 1. The van der Waals surface area contributed by atoms with E-state index in [9.17, 15) is 19.2 Å². The zero-order valence-electron chi connectivity index (χ0n) is 29.5. The summed E-state index contributed by atoms with van der Waals surface area (Å²) in [4.78, 5) is 63.9. The smallest absolute Gasteiger partial charge is 0.243 e. The van der Waals surface area contributed by atoms with Gasteiger partial charge in [0, 0.05) is 74.9 Å². The van der Waals surface area contributed by atoms with E-state index in [4.69, 9.17) is 18.0 Å². The van der Waals surface area contributed by atoms with Crippen LogP contribution in [0.5, 0.6) is 0 Å². The molecule has 0 saturated heterocycles. The lowest BCUT2D eigenvalue weighted by Gasteiger charge is -2.26. The van der Waals surface area contributed by atoms with Gasteiger partial charge in [0.2, 0.25) is 23.6 Å². The molecule has 0 unspecified atom stereocenters. The number of rotatable bonds is 20. The minimum absolute atomic E-state index is 0.134. The molecule has 0 saturated carbocycles. The molecule has 4 rings (SSSR count). The Morgan fingerprint density at radius 1 is 0.827 bits per heavy atom. The van der Waals surface area contributed by atoms with E-state index in [0.717, 1.165) is 22.0 Å². The Morgan fingerprint density at radius 3 is 2.21 bits per heavy atom. The zero-order chi connectivity index (χ0) is 37.3. The fraction of sp³-hybridized carbons (Fsp3) is 0.389. The van der Waals surface area contributed by atoms with Crippen molar-refractivity contribution in [1.82, 2.24) is 52.4 Å². The molecule has 0 aliphatic carbocycles. The first-order valence-electron chi connectivity index (χ1n) is 17.3. The normalized spacial score (nSPS) is 13.3. The van der Waals surface area contributed by atoms with Crippen LogP contribution in [0.4, 0.5) is 0 Å². The Balaban J connectivity index is 1.50. The van der Waals surface area contributed by atoms with Crippen LogP contribution < -0.4 is 43.2 Å². The molecule has 2 aromatic heterocycles. The van der Waals surface area contributed by atoms with E-state index in [1.165, 1.54) is 13.3 Å². The van der Waals surface area contributed by atoms with Gasteiger partial charge in [-0.1, -0.05) is 48.5 Å². The molecule has 0 spiro atoms. The van der Waals surface area contributed by atoms with Gasteiger partial charge < -0.3 is 42.3 Å². The number of nitrogens with two attached hydrogens (primary N) is 1. The first kappa shape index (κ1) is 39.5. The summed E-state index contributed by atoms with van der Waals surface area (Å²) in [7, 11) is 1.71. The molecule has 2 heterocycles. The Labute approximate surface area is 308 Å². The van der Waals surface area contributed by atoms with Crippen LogP contribution in [-0.4, -0.2) is 88.0 Å². The number of fused-ring (bicyclic) bond motifs is 1. The summed E-state index contributed by atoms with van der Waals surface area (Å²) in [6.45, 7) is 2.06. The van der Waals surface area contributed by atoms with E-state index >= 15 is 0 Å². The molecule has 2 aromatic carbocycles. The van der Waals surface area contributed by atoms with Gasteiger partial charge in [-0.15, -0.1) is 0 Å². The third-order valence-electron chi connectivity index (χ3n) is 8.47. The van der Waals surface area contributed by atoms with Gasteiger partial charge in [0.15, 0.2) is 5.11 Å². The topological polar surface area (TPSA) is 223 Å². The van der Waals surface area contributed by atoms with Gasteiger partial charge in [-0.25, -0.2) is 10.4 Å². The van der Waals surface area contributed by atoms with Crippen LogP contribution in [0, 0.1) is 0 Å². The van der Waals surface area contributed by atoms with Crippen LogP contribution in [0.3, 0.4) is 0 Å². The Kier molecular flexibility index (Phi) is 15.6. The molecule has 15 nitrogen and oxygen atoms in total. The monoisotopic (exact) mass is 731 g/mol. The van der Waals surface area contributed by atoms with Crippen molar-refractivity contribution < 1.29 is 19.2 Å². The predicted octanol–water partition coefficient (Wildman–Crippen LogP) is 0.606. The Morgan fingerprint density at radius 2 is 1.52 bits per heavy atom. The molecule has 4 atom stereocenters. The Bertz CT molecular complexity index is 1750. The second-order valence-electron chi connectivity index (χ2n) is 12.5. The third kappa shape index (κ3) is 12.5. The average Bonchev–Trinajstić information content (AvgIpc) is 3.81. The predicted molar refractivity (Wildman–Crippen MR) is 204 cm³/mol. The van der Waals surface area contributed by atoms with Crippen molar-refractivity contribution in [3.8, 4) is 0 Å². The molecule has 11 N–H and O–H groups in total. The molecule has 0 fully saturated rings. The van der Waals surface area contributed by atoms with Crippen molar-refractivity contribution in [2.24, 2.45) is 5.73 Å². The lowest BCUT2D eigenvalue weighted by molar-refractivity contribution is -0.133. The number of H-pyrrole nitrogens is 2. The number of hydrogen-bond acceptors (Lipinski definition) is 8.